The third-order valence-corrected chi connectivity index (χ3v) is 2.72. The van der Waals surface area contributed by atoms with E-state index < -0.39 is 0 Å². The van der Waals surface area contributed by atoms with Crippen LogP contribution >= 0.6 is 12.6 Å². The highest BCUT2D eigenvalue weighted by molar-refractivity contribution is 7.80. The first kappa shape index (κ1) is 13.1. The molecule has 0 aromatic heterocycles. The van der Waals surface area contributed by atoms with E-state index in [1.165, 1.54) is 0 Å². The van der Waals surface area contributed by atoms with E-state index in [0.717, 1.165) is 22.6 Å². The van der Waals surface area contributed by atoms with Crippen LogP contribution in [0.4, 0.5) is 0 Å². The molecule has 0 N–H and O–H groups in total. The zero-order valence-corrected chi connectivity index (χ0v) is 11.2. The van der Waals surface area contributed by atoms with Crippen molar-refractivity contribution in [3.63, 3.8) is 0 Å². The molecule has 1 aromatic carbocycles. The summed E-state index contributed by atoms with van der Waals surface area (Å²) >= 11 is 4.26. The number of benzene rings is 1. The van der Waals surface area contributed by atoms with E-state index >= 15 is 0 Å². The van der Waals surface area contributed by atoms with Crippen LogP contribution in [0.1, 0.15) is 29.8 Å². The summed E-state index contributed by atoms with van der Waals surface area (Å²) in [5.41, 5.74) is 1.74. The van der Waals surface area contributed by atoms with E-state index in [1.807, 2.05) is 32.2 Å². The first-order chi connectivity index (χ1) is 7.41. The number of hydrogen-bond acceptors (Lipinski definition) is 2. The molecule has 0 spiro atoms. The van der Waals surface area contributed by atoms with Gasteiger partial charge in [0, 0.05) is 24.1 Å². The summed E-state index contributed by atoms with van der Waals surface area (Å²) < 4.78 is 0. The third kappa shape index (κ3) is 3.27. The molecule has 0 radical (unpaired) electrons. The lowest BCUT2D eigenvalue weighted by atomic mass is 10.1. The van der Waals surface area contributed by atoms with E-state index in [4.69, 9.17) is 0 Å². The molecule has 1 rings (SSSR count). The van der Waals surface area contributed by atoms with Crippen molar-refractivity contribution < 1.29 is 4.79 Å². The van der Waals surface area contributed by atoms with Crippen LogP contribution in [0.2, 0.25) is 0 Å². The number of carbonyl (C=O) groups is 1. The standard InChI is InChI=1S/C13H19NOS/c1-9(2)8-14(4)13(15)12-7-11(16)6-5-10(12)3/h5-7,9,16H,8H2,1-4H3. The lowest BCUT2D eigenvalue weighted by molar-refractivity contribution is 0.0778. The summed E-state index contributed by atoms with van der Waals surface area (Å²) in [6.07, 6.45) is 0. The quantitative estimate of drug-likeness (QED) is 0.801. The molecule has 0 heterocycles. The smallest absolute Gasteiger partial charge is 0.253 e. The zero-order chi connectivity index (χ0) is 12.3. The van der Waals surface area contributed by atoms with Crippen LogP contribution in [0.3, 0.4) is 0 Å². The topological polar surface area (TPSA) is 20.3 Å². The Bertz CT molecular complexity index is 388. The number of nitrogens with zero attached hydrogens (tertiary/aromatic N) is 1. The summed E-state index contributed by atoms with van der Waals surface area (Å²) in [5, 5.41) is 0. The number of hydrogen-bond donors (Lipinski definition) is 1. The first-order valence-electron chi connectivity index (χ1n) is 5.47. The van der Waals surface area contributed by atoms with Crippen LogP contribution in [-0.2, 0) is 0 Å². The van der Waals surface area contributed by atoms with Gasteiger partial charge in [-0.05, 0) is 30.5 Å². The maximum atomic E-state index is 12.1. The van der Waals surface area contributed by atoms with Crippen molar-refractivity contribution in [3.05, 3.63) is 29.3 Å². The van der Waals surface area contributed by atoms with Crippen molar-refractivity contribution in [2.75, 3.05) is 13.6 Å². The minimum absolute atomic E-state index is 0.0714. The molecule has 3 heteroatoms. The van der Waals surface area contributed by atoms with E-state index in [-0.39, 0.29) is 5.91 Å². The minimum atomic E-state index is 0.0714. The number of amides is 1. The fraction of sp³-hybridized carbons (Fsp3) is 0.462. The van der Waals surface area contributed by atoms with Gasteiger partial charge in [0.15, 0.2) is 0 Å². The molecule has 88 valence electrons. The predicted octanol–water partition coefficient (Wildman–Crippen LogP) is 3.01. The van der Waals surface area contributed by atoms with Gasteiger partial charge in [0.05, 0.1) is 0 Å². The Morgan fingerprint density at radius 3 is 2.62 bits per heavy atom. The van der Waals surface area contributed by atoms with E-state index in [2.05, 4.69) is 26.5 Å². The van der Waals surface area contributed by atoms with Gasteiger partial charge in [-0.1, -0.05) is 19.9 Å². The van der Waals surface area contributed by atoms with E-state index in [1.54, 1.807) is 4.90 Å². The van der Waals surface area contributed by atoms with Gasteiger partial charge >= 0.3 is 0 Å². The Balaban J connectivity index is 2.91. The van der Waals surface area contributed by atoms with Gasteiger partial charge < -0.3 is 4.90 Å². The van der Waals surface area contributed by atoms with Crippen LogP contribution < -0.4 is 0 Å². The fourth-order valence-electron chi connectivity index (χ4n) is 1.68. The number of aryl methyl sites for hydroxylation is 1. The number of carbonyl (C=O) groups excluding carboxylic acids is 1. The monoisotopic (exact) mass is 237 g/mol. The minimum Gasteiger partial charge on any atom is -0.341 e. The second-order valence-electron chi connectivity index (χ2n) is 4.58. The number of rotatable bonds is 3. The molecule has 1 amide bonds. The average molecular weight is 237 g/mol. The molecule has 1 aromatic rings. The molecule has 0 aliphatic carbocycles. The molecule has 16 heavy (non-hydrogen) atoms. The number of thiol groups is 1. The van der Waals surface area contributed by atoms with E-state index in [9.17, 15) is 4.79 Å². The Hall–Kier alpha value is -0.960. The summed E-state index contributed by atoms with van der Waals surface area (Å²) in [7, 11) is 1.84. The molecule has 0 saturated heterocycles. The Labute approximate surface area is 103 Å². The lowest BCUT2D eigenvalue weighted by Crippen LogP contribution is -2.30. The Morgan fingerprint density at radius 2 is 2.06 bits per heavy atom. The van der Waals surface area contributed by atoms with Crippen LogP contribution in [0.25, 0.3) is 0 Å². The molecular weight excluding hydrogens is 218 g/mol. The highest BCUT2D eigenvalue weighted by atomic mass is 32.1. The summed E-state index contributed by atoms with van der Waals surface area (Å²) in [5.74, 6) is 0.551. The van der Waals surface area contributed by atoms with Crippen LogP contribution in [0.15, 0.2) is 23.1 Å². The van der Waals surface area contributed by atoms with Gasteiger partial charge in [-0.15, -0.1) is 12.6 Å². The second-order valence-corrected chi connectivity index (χ2v) is 5.10. The van der Waals surface area contributed by atoms with Crippen LogP contribution in [-0.4, -0.2) is 24.4 Å². The van der Waals surface area contributed by atoms with Gasteiger partial charge in [-0.2, -0.15) is 0 Å². The van der Waals surface area contributed by atoms with Crippen LogP contribution in [0.5, 0.6) is 0 Å². The maximum Gasteiger partial charge on any atom is 0.253 e. The predicted molar refractivity (Wildman–Crippen MR) is 70.2 cm³/mol. The van der Waals surface area contributed by atoms with Gasteiger partial charge in [0.25, 0.3) is 5.91 Å². The van der Waals surface area contributed by atoms with Crippen molar-refractivity contribution in [2.24, 2.45) is 5.92 Å². The molecule has 0 aliphatic heterocycles. The molecule has 0 bridgehead atoms. The lowest BCUT2D eigenvalue weighted by Gasteiger charge is -2.20. The molecule has 2 nitrogen and oxygen atoms in total. The van der Waals surface area contributed by atoms with Crippen molar-refractivity contribution in [3.8, 4) is 0 Å². The maximum absolute atomic E-state index is 12.1. The van der Waals surface area contributed by atoms with E-state index in [0.29, 0.717) is 5.92 Å². The molecular formula is C13H19NOS. The average Bonchev–Trinajstić information content (AvgIpc) is 2.19. The largest absolute Gasteiger partial charge is 0.341 e. The van der Waals surface area contributed by atoms with Crippen molar-refractivity contribution >= 4 is 18.5 Å². The summed E-state index contributed by atoms with van der Waals surface area (Å²) in [6, 6.07) is 5.66. The summed E-state index contributed by atoms with van der Waals surface area (Å²) in [6.45, 7) is 6.93. The second kappa shape index (κ2) is 5.39. The fourth-order valence-corrected chi connectivity index (χ4v) is 1.88. The highest BCUT2D eigenvalue weighted by Crippen LogP contribution is 2.16. The van der Waals surface area contributed by atoms with Gasteiger partial charge in [0.1, 0.15) is 0 Å². The van der Waals surface area contributed by atoms with Crippen molar-refractivity contribution in [1.82, 2.24) is 4.90 Å². The Kier molecular flexibility index (Phi) is 4.42. The van der Waals surface area contributed by atoms with Crippen molar-refractivity contribution in [1.29, 1.82) is 0 Å². The Morgan fingerprint density at radius 1 is 1.44 bits per heavy atom. The van der Waals surface area contributed by atoms with Gasteiger partial charge in [-0.25, -0.2) is 0 Å². The van der Waals surface area contributed by atoms with Crippen molar-refractivity contribution in [2.45, 2.75) is 25.7 Å². The molecule has 0 atom stereocenters. The molecule has 0 unspecified atom stereocenters. The van der Waals surface area contributed by atoms with Gasteiger partial charge in [0.2, 0.25) is 0 Å². The van der Waals surface area contributed by atoms with Gasteiger partial charge in [-0.3, -0.25) is 4.79 Å². The normalized spacial score (nSPS) is 10.6. The molecule has 0 fully saturated rings. The zero-order valence-electron chi connectivity index (χ0n) is 10.3. The highest BCUT2D eigenvalue weighted by Gasteiger charge is 2.14. The van der Waals surface area contributed by atoms with Crippen LogP contribution in [0, 0.1) is 12.8 Å². The molecule has 0 saturated carbocycles. The molecule has 0 aliphatic rings. The first-order valence-corrected chi connectivity index (χ1v) is 5.91. The summed E-state index contributed by atoms with van der Waals surface area (Å²) in [4.78, 5) is 14.7. The SMILES string of the molecule is Cc1ccc(S)cc1C(=O)N(C)CC(C)C. The third-order valence-electron chi connectivity index (χ3n) is 2.44.